The molecule has 1 rings (SSSR count). The topological polar surface area (TPSA) is 38.3 Å². The van der Waals surface area contributed by atoms with Gasteiger partial charge in [-0.05, 0) is 65.2 Å². The van der Waals surface area contributed by atoms with Gasteiger partial charge in [0.15, 0.2) is 0 Å². The van der Waals surface area contributed by atoms with Crippen LogP contribution in [0.15, 0.2) is 22.7 Å². The molecule has 0 heterocycles. The largest absolute Gasteiger partial charge is 0.444 e. The zero-order valence-corrected chi connectivity index (χ0v) is 14.7. The normalized spacial score (nSPS) is 12.2. The molecule has 4 heteroatoms. The average Bonchev–Trinajstić information content (AvgIpc) is 2.18. The van der Waals surface area contributed by atoms with E-state index in [1.54, 1.807) is 0 Å². The zero-order chi connectivity index (χ0) is 15.6. The van der Waals surface area contributed by atoms with Gasteiger partial charge in [0.05, 0.1) is 0 Å². The number of ether oxygens (including phenoxy) is 1. The van der Waals surface area contributed by atoms with Gasteiger partial charge in [0, 0.05) is 10.0 Å². The predicted octanol–water partition coefficient (Wildman–Crippen LogP) is 4.60. The lowest BCUT2D eigenvalue weighted by atomic mass is 9.94. The maximum Gasteiger partial charge on any atom is 0.408 e. The third-order valence-corrected chi connectivity index (χ3v) is 3.58. The highest BCUT2D eigenvalue weighted by Crippen LogP contribution is 2.21. The van der Waals surface area contributed by atoms with E-state index < -0.39 is 5.60 Å². The highest BCUT2D eigenvalue weighted by molar-refractivity contribution is 9.10. The van der Waals surface area contributed by atoms with Gasteiger partial charge in [0.1, 0.15) is 5.60 Å². The Bertz CT molecular complexity index is 490. The van der Waals surface area contributed by atoms with Crippen molar-refractivity contribution in [3.05, 3.63) is 33.8 Å². The number of halogens is 1. The zero-order valence-electron chi connectivity index (χ0n) is 13.1. The molecule has 1 N–H and O–H groups in total. The standard InChI is InChI=1S/C16H24BrNO2/c1-11-7-8-12(9-13(11)17)10-16(5,6)18-14(19)20-15(2,3)4/h7-9H,10H2,1-6H3,(H,18,19). The number of hydrogen-bond acceptors (Lipinski definition) is 2. The van der Waals surface area contributed by atoms with Gasteiger partial charge in [-0.3, -0.25) is 0 Å². The fourth-order valence-corrected chi connectivity index (χ4v) is 2.31. The van der Waals surface area contributed by atoms with Gasteiger partial charge in [-0.25, -0.2) is 4.79 Å². The summed E-state index contributed by atoms with van der Waals surface area (Å²) in [4.78, 5) is 11.8. The summed E-state index contributed by atoms with van der Waals surface area (Å²) in [5.41, 5.74) is 1.53. The summed E-state index contributed by atoms with van der Waals surface area (Å²) >= 11 is 3.53. The van der Waals surface area contributed by atoms with Crippen molar-refractivity contribution in [1.29, 1.82) is 0 Å². The van der Waals surface area contributed by atoms with Crippen molar-refractivity contribution in [2.24, 2.45) is 0 Å². The maximum absolute atomic E-state index is 11.8. The maximum atomic E-state index is 11.8. The molecule has 0 atom stereocenters. The molecule has 0 aliphatic carbocycles. The van der Waals surface area contributed by atoms with Crippen LogP contribution in [0.1, 0.15) is 45.7 Å². The molecule has 0 aliphatic heterocycles. The fraction of sp³-hybridized carbons (Fsp3) is 0.562. The molecule has 1 amide bonds. The number of benzene rings is 1. The van der Waals surface area contributed by atoms with Crippen molar-refractivity contribution in [2.45, 2.75) is 59.1 Å². The van der Waals surface area contributed by atoms with Gasteiger partial charge in [-0.2, -0.15) is 0 Å². The molecule has 0 aliphatic rings. The van der Waals surface area contributed by atoms with Gasteiger partial charge >= 0.3 is 6.09 Å². The van der Waals surface area contributed by atoms with E-state index in [1.165, 1.54) is 11.1 Å². The first kappa shape index (κ1) is 17.0. The lowest BCUT2D eigenvalue weighted by molar-refractivity contribution is 0.0472. The van der Waals surface area contributed by atoms with Crippen molar-refractivity contribution in [2.75, 3.05) is 0 Å². The van der Waals surface area contributed by atoms with Crippen molar-refractivity contribution in [1.82, 2.24) is 5.32 Å². The lowest BCUT2D eigenvalue weighted by Gasteiger charge is -2.29. The second kappa shape index (κ2) is 6.17. The van der Waals surface area contributed by atoms with Gasteiger partial charge in [0.2, 0.25) is 0 Å². The van der Waals surface area contributed by atoms with Crippen LogP contribution in [0.25, 0.3) is 0 Å². The second-order valence-electron chi connectivity index (χ2n) is 6.77. The summed E-state index contributed by atoms with van der Waals surface area (Å²) in [6, 6.07) is 6.25. The molecule has 1 aromatic carbocycles. The number of rotatable bonds is 3. The summed E-state index contributed by atoms with van der Waals surface area (Å²) in [7, 11) is 0. The molecule has 0 bridgehead atoms. The van der Waals surface area contributed by atoms with E-state index in [0.29, 0.717) is 0 Å². The highest BCUT2D eigenvalue weighted by atomic mass is 79.9. The van der Waals surface area contributed by atoms with Crippen LogP contribution < -0.4 is 5.32 Å². The Morgan fingerprint density at radius 3 is 2.35 bits per heavy atom. The van der Waals surface area contributed by atoms with Gasteiger partial charge in [-0.1, -0.05) is 28.1 Å². The molecule has 0 radical (unpaired) electrons. The third-order valence-electron chi connectivity index (χ3n) is 2.72. The molecule has 0 aromatic heterocycles. The number of nitrogens with one attached hydrogen (secondary N) is 1. The number of carbonyl (C=O) groups is 1. The van der Waals surface area contributed by atoms with Crippen LogP contribution >= 0.6 is 15.9 Å². The van der Waals surface area contributed by atoms with Crippen LogP contribution in [-0.4, -0.2) is 17.2 Å². The fourth-order valence-electron chi connectivity index (χ4n) is 1.88. The van der Waals surface area contributed by atoms with Crippen molar-refractivity contribution < 1.29 is 9.53 Å². The molecule has 0 spiro atoms. The molecule has 112 valence electrons. The number of aryl methyl sites for hydroxylation is 1. The van der Waals surface area contributed by atoms with Gasteiger partial charge in [-0.15, -0.1) is 0 Å². The molecule has 20 heavy (non-hydrogen) atoms. The van der Waals surface area contributed by atoms with E-state index in [-0.39, 0.29) is 11.6 Å². The van der Waals surface area contributed by atoms with Crippen molar-refractivity contribution in [3.8, 4) is 0 Å². The third kappa shape index (κ3) is 5.95. The second-order valence-corrected chi connectivity index (χ2v) is 7.63. The SMILES string of the molecule is Cc1ccc(CC(C)(C)NC(=O)OC(C)(C)C)cc1Br. The average molecular weight is 342 g/mol. The Morgan fingerprint density at radius 1 is 1.25 bits per heavy atom. The molecule has 0 fully saturated rings. The predicted molar refractivity (Wildman–Crippen MR) is 86.0 cm³/mol. The molecule has 3 nitrogen and oxygen atoms in total. The monoisotopic (exact) mass is 341 g/mol. The summed E-state index contributed by atoms with van der Waals surface area (Å²) in [6.45, 7) is 11.6. The smallest absolute Gasteiger partial charge is 0.408 e. The van der Waals surface area contributed by atoms with Crippen LogP contribution in [0, 0.1) is 6.92 Å². The molecule has 0 unspecified atom stereocenters. The Morgan fingerprint density at radius 2 is 1.85 bits per heavy atom. The number of amides is 1. The van der Waals surface area contributed by atoms with E-state index >= 15 is 0 Å². The number of alkyl carbamates (subject to hydrolysis) is 1. The van der Waals surface area contributed by atoms with Gasteiger partial charge < -0.3 is 10.1 Å². The molecule has 1 aromatic rings. The van der Waals surface area contributed by atoms with Crippen LogP contribution in [0.5, 0.6) is 0 Å². The Kier molecular flexibility index (Phi) is 5.25. The molecule has 0 saturated heterocycles. The minimum Gasteiger partial charge on any atom is -0.444 e. The summed E-state index contributed by atoms with van der Waals surface area (Å²) in [6.07, 6.45) is 0.360. The minimum absolute atomic E-state index is 0.364. The summed E-state index contributed by atoms with van der Waals surface area (Å²) < 4.78 is 6.38. The first-order valence-electron chi connectivity index (χ1n) is 6.75. The Balaban J connectivity index is 2.69. The molecular formula is C16H24BrNO2. The first-order chi connectivity index (χ1) is 8.98. The van der Waals surface area contributed by atoms with E-state index in [0.717, 1.165) is 10.9 Å². The highest BCUT2D eigenvalue weighted by Gasteiger charge is 2.24. The van der Waals surface area contributed by atoms with Crippen LogP contribution in [0.2, 0.25) is 0 Å². The summed E-state index contributed by atoms with van der Waals surface area (Å²) in [5.74, 6) is 0. The summed E-state index contributed by atoms with van der Waals surface area (Å²) in [5, 5.41) is 2.92. The van der Waals surface area contributed by atoms with Crippen molar-refractivity contribution in [3.63, 3.8) is 0 Å². The Labute approximate surface area is 130 Å². The van der Waals surface area contributed by atoms with E-state index in [1.807, 2.05) is 34.6 Å². The quantitative estimate of drug-likeness (QED) is 0.872. The van der Waals surface area contributed by atoms with E-state index in [2.05, 4.69) is 46.4 Å². The van der Waals surface area contributed by atoms with Crippen molar-refractivity contribution >= 4 is 22.0 Å². The van der Waals surface area contributed by atoms with E-state index in [9.17, 15) is 4.79 Å². The molecular weight excluding hydrogens is 318 g/mol. The number of hydrogen-bond donors (Lipinski definition) is 1. The minimum atomic E-state index is -0.479. The van der Waals surface area contributed by atoms with E-state index in [4.69, 9.17) is 4.74 Å². The molecule has 0 saturated carbocycles. The van der Waals surface area contributed by atoms with Gasteiger partial charge in [0.25, 0.3) is 0 Å². The van der Waals surface area contributed by atoms with Crippen LogP contribution in [0.4, 0.5) is 4.79 Å². The van der Waals surface area contributed by atoms with Crippen LogP contribution in [0.3, 0.4) is 0 Å². The number of carbonyl (C=O) groups excluding carboxylic acids is 1. The lowest BCUT2D eigenvalue weighted by Crippen LogP contribution is -2.47. The van der Waals surface area contributed by atoms with Crippen LogP contribution in [-0.2, 0) is 11.2 Å². The first-order valence-corrected chi connectivity index (χ1v) is 7.54. The Hall–Kier alpha value is -1.03.